The Labute approximate surface area is 136 Å². The smallest absolute Gasteiger partial charge is 0.222 e. The summed E-state index contributed by atoms with van der Waals surface area (Å²) in [6, 6.07) is 6.10. The molecule has 5 heteroatoms. The lowest BCUT2D eigenvalue weighted by Crippen LogP contribution is -2.37. The summed E-state index contributed by atoms with van der Waals surface area (Å²) in [5.41, 5.74) is 3.10. The number of fused-ring (bicyclic) bond motifs is 1. The highest BCUT2D eigenvalue weighted by molar-refractivity contribution is 5.78. The minimum atomic E-state index is -0.0243. The molecule has 1 N–H and O–H groups in total. The maximum atomic E-state index is 11.9. The van der Waals surface area contributed by atoms with E-state index >= 15 is 0 Å². The van der Waals surface area contributed by atoms with E-state index in [2.05, 4.69) is 21.4 Å². The van der Waals surface area contributed by atoms with Gasteiger partial charge in [0.15, 0.2) is 0 Å². The van der Waals surface area contributed by atoms with Crippen molar-refractivity contribution in [3.05, 3.63) is 42.5 Å². The predicted octanol–water partition coefficient (Wildman–Crippen LogP) is 2.61. The second kappa shape index (κ2) is 6.77. The summed E-state index contributed by atoms with van der Waals surface area (Å²) in [5.74, 6) is 1.00. The van der Waals surface area contributed by atoms with Crippen LogP contribution in [0.5, 0.6) is 5.75 Å². The minimum Gasteiger partial charge on any atom is -0.487 e. The third-order valence-corrected chi connectivity index (χ3v) is 4.26. The van der Waals surface area contributed by atoms with E-state index in [1.54, 1.807) is 12.4 Å². The monoisotopic (exact) mass is 311 g/mol. The van der Waals surface area contributed by atoms with Gasteiger partial charge in [0.05, 0.1) is 6.54 Å². The van der Waals surface area contributed by atoms with Gasteiger partial charge in [-0.25, -0.2) is 9.97 Å². The van der Waals surface area contributed by atoms with Crippen molar-refractivity contribution in [1.29, 1.82) is 0 Å². The van der Waals surface area contributed by atoms with Gasteiger partial charge in [-0.05, 0) is 12.0 Å². The fraction of sp³-hybridized carbons (Fsp3) is 0.389. The van der Waals surface area contributed by atoms with Gasteiger partial charge in [0.1, 0.15) is 18.2 Å². The molecule has 120 valence electrons. The van der Waals surface area contributed by atoms with Gasteiger partial charge in [-0.1, -0.05) is 32.0 Å². The number of benzene rings is 1. The van der Waals surface area contributed by atoms with Crippen molar-refractivity contribution in [1.82, 2.24) is 15.3 Å². The van der Waals surface area contributed by atoms with E-state index in [9.17, 15) is 4.79 Å². The normalized spacial score (nSPS) is 17.2. The molecule has 0 spiro atoms. The first-order chi connectivity index (χ1) is 11.2. The minimum absolute atomic E-state index is 0.0243. The molecule has 1 aromatic carbocycles. The zero-order valence-corrected chi connectivity index (χ0v) is 13.5. The molecule has 1 aromatic heterocycles. The van der Waals surface area contributed by atoms with E-state index in [-0.39, 0.29) is 17.9 Å². The van der Waals surface area contributed by atoms with Crippen LogP contribution >= 0.6 is 0 Å². The summed E-state index contributed by atoms with van der Waals surface area (Å²) in [7, 11) is 0. The molecule has 0 aliphatic carbocycles. The number of carbonyl (C=O) groups excluding carboxylic acids is 1. The number of aromatic nitrogens is 2. The van der Waals surface area contributed by atoms with Gasteiger partial charge in [0, 0.05) is 35.9 Å². The Hall–Kier alpha value is -2.43. The summed E-state index contributed by atoms with van der Waals surface area (Å²) in [6.07, 6.45) is 6.70. The number of amides is 1. The lowest BCUT2D eigenvalue weighted by atomic mass is 10.0. The first-order valence-electron chi connectivity index (χ1n) is 8.00. The molecule has 0 fully saturated rings. The van der Waals surface area contributed by atoms with Crippen LogP contribution in [0.25, 0.3) is 11.1 Å². The molecular formula is C18H21N3O2. The molecule has 0 saturated heterocycles. The molecule has 1 aliphatic rings. The number of rotatable bonds is 5. The van der Waals surface area contributed by atoms with Gasteiger partial charge in [0.2, 0.25) is 5.91 Å². The van der Waals surface area contributed by atoms with E-state index in [0.717, 1.165) is 35.3 Å². The van der Waals surface area contributed by atoms with Gasteiger partial charge in [-0.15, -0.1) is 0 Å². The topological polar surface area (TPSA) is 64.1 Å². The highest BCUT2D eigenvalue weighted by Gasteiger charge is 2.26. The standard InChI is InChI=1S/C18H21N3O2/c1-3-12(2)18(22)21-10-15-7-13-5-4-6-16(17(13)23-15)14-8-19-11-20-9-14/h4-6,8-9,11-12,15H,3,7,10H2,1-2H3,(H,21,22)/t12-,15+/m1/s1. The van der Waals surface area contributed by atoms with Crippen molar-refractivity contribution in [2.75, 3.05) is 6.54 Å². The molecule has 0 radical (unpaired) electrons. The van der Waals surface area contributed by atoms with E-state index in [1.165, 1.54) is 6.33 Å². The molecule has 0 saturated carbocycles. The fourth-order valence-corrected chi connectivity index (χ4v) is 2.69. The Bertz CT molecular complexity index is 688. The number of nitrogens with one attached hydrogen (secondary N) is 1. The Morgan fingerprint density at radius 2 is 2.17 bits per heavy atom. The fourth-order valence-electron chi connectivity index (χ4n) is 2.69. The van der Waals surface area contributed by atoms with Crippen LogP contribution in [0.3, 0.4) is 0 Å². The lowest BCUT2D eigenvalue weighted by molar-refractivity contribution is -0.124. The number of carbonyl (C=O) groups is 1. The van der Waals surface area contributed by atoms with Crippen LogP contribution in [0, 0.1) is 5.92 Å². The summed E-state index contributed by atoms with van der Waals surface area (Å²) in [5, 5.41) is 2.98. The number of nitrogens with zero attached hydrogens (tertiary/aromatic N) is 2. The van der Waals surface area contributed by atoms with Gasteiger partial charge >= 0.3 is 0 Å². The summed E-state index contributed by atoms with van der Waals surface area (Å²) < 4.78 is 6.09. The van der Waals surface area contributed by atoms with Gasteiger partial charge in [0.25, 0.3) is 0 Å². The number of hydrogen-bond acceptors (Lipinski definition) is 4. The van der Waals surface area contributed by atoms with Crippen molar-refractivity contribution in [3.8, 4) is 16.9 Å². The third kappa shape index (κ3) is 3.33. The number of para-hydroxylation sites is 1. The third-order valence-electron chi connectivity index (χ3n) is 4.26. The Morgan fingerprint density at radius 1 is 1.39 bits per heavy atom. The van der Waals surface area contributed by atoms with Crippen LogP contribution in [0.15, 0.2) is 36.9 Å². The zero-order valence-electron chi connectivity index (χ0n) is 13.5. The Balaban J connectivity index is 1.71. The average molecular weight is 311 g/mol. The largest absolute Gasteiger partial charge is 0.487 e. The zero-order chi connectivity index (χ0) is 16.2. The van der Waals surface area contributed by atoms with Crippen LogP contribution in [-0.4, -0.2) is 28.5 Å². The van der Waals surface area contributed by atoms with Crippen molar-refractivity contribution in [2.24, 2.45) is 5.92 Å². The predicted molar refractivity (Wildman–Crippen MR) is 88.1 cm³/mol. The first-order valence-corrected chi connectivity index (χ1v) is 8.00. The van der Waals surface area contributed by atoms with Crippen molar-refractivity contribution < 1.29 is 9.53 Å². The van der Waals surface area contributed by atoms with Gasteiger partial charge in [-0.2, -0.15) is 0 Å². The molecule has 2 heterocycles. The average Bonchev–Trinajstić information content (AvgIpc) is 3.02. The van der Waals surface area contributed by atoms with Crippen LogP contribution in [0.2, 0.25) is 0 Å². The Morgan fingerprint density at radius 3 is 2.91 bits per heavy atom. The maximum absolute atomic E-state index is 11.9. The molecule has 2 aromatic rings. The highest BCUT2D eigenvalue weighted by atomic mass is 16.5. The van der Waals surface area contributed by atoms with Gasteiger partial charge in [-0.3, -0.25) is 4.79 Å². The maximum Gasteiger partial charge on any atom is 0.222 e. The molecule has 3 rings (SSSR count). The van der Waals surface area contributed by atoms with Crippen molar-refractivity contribution in [2.45, 2.75) is 32.8 Å². The molecular weight excluding hydrogens is 290 g/mol. The van der Waals surface area contributed by atoms with E-state index < -0.39 is 0 Å². The highest BCUT2D eigenvalue weighted by Crippen LogP contribution is 2.38. The van der Waals surface area contributed by atoms with Gasteiger partial charge < -0.3 is 10.1 Å². The quantitative estimate of drug-likeness (QED) is 0.922. The molecule has 23 heavy (non-hydrogen) atoms. The summed E-state index contributed by atoms with van der Waals surface area (Å²) in [4.78, 5) is 20.0. The van der Waals surface area contributed by atoms with Crippen molar-refractivity contribution >= 4 is 5.91 Å². The van der Waals surface area contributed by atoms with E-state index in [0.29, 0.717) is 6.54 Å². The second-order valence-corrected chi connectivity index (χ2v) is 5.92. The van der Waals surface area contributed by atoms with Crippen LogP contribution in [-0.2, 0) is 11.2 Å². The summed E-state index contributed by atoms with van der Waals surface area (Å²) >= 11 is 0. The molecule has 1 aliphatic heterocycles. The molecule has 5 nitrogen and oxygen atoms in total. The van der Waals surface area contributed by atoms with Crippen molar-refractivity contribution in [3.63, 3.8) is 0 Å². The Kier molecular flexibility index (Phi) is 4.55. The summed E-state index contributed by atoms with van der Waals surface area (Å²) in [6.45, 7) is 4.48. The van der Waals surface area contributed by atoms with Crippen LogP contribution in [0.4, 0.5) is 0 Å². The van der Waals surface area contributed by atoms with E-state index in [1.807, 2.05) is 26.0 Å². The first kappa shape index (κ1) is 15.5. The van der Waals surface area contributed by atoms with Crippen LogP contribution in [0.1, 0.15) is 25.8 Å². The molecule has 1 amide bonds. The number of hydrogen-bond donors (Lipinski definition) is 1. The second-order valence-electron chi connectivity index (χ2n) is 5.92. The SMILES string of the molecule is CC[C@@H](C)C(=O)NC[C@@H]1Cc2cccc(-c3cncnc3)c2O1. The molecule has 2 atom stereocenters. The number of ether oxygens (including phenoxy) is 1. The molecule has 0 bridgehead atoms. The lowest BCUT2D eigenvalue weighted by Gasteiger charge is -2.15. The van der Waals surface area contributed by atoms with E-state index in [4.69, 9.17) is 4.74 Å². The van der Waals surface area contributed by atoms with Crippen LogP contribution < -0.4 is 10.1 Å². The molecule has 0 unspecified atom stereocenters.